The van der Waals surface area contributed by atoms with Gasteiger partial charge in [-0.3, -0.25) is 4.79 Å². The number of amides is 1. The van der Waals surface area contributed by atoms with Crippen molar-refractivity contribution in [3.63, 3.8) is 0 Å². The van der Waals surface area contributed by atoms with Gasteiger partial charge in [0.25, 0.3) is 5.91 Å². The zero-order valence-corrected chi connectivity index (χ0v) is 9.89. The van der Waals surface area contributed by atoms with E-state index in [1.807, 2.05) is 60.7 Å². The fourth-order valence-corrected chi connectivity index (χ4v) is 2.15. The van der Waals surface area contributed by atoms with Crippen LogP contribution < -0.4 is 5.32 Å². The third kappa shape index (κ3) is 1.93. The molecule has 88 valence electrons. The van der Waals surface area contributed by atoms with Crippen molar-refractivity contribution in [2.45, 2.75) is 6.42 Å². The molecule has 1 amide bonds. The highest BCUT2D eigenvalue weighted by Gasteiger charge is 2.11. The number of rotatable bonds is 2. The molecule has 2 aromatic carbocycles. The fraction of sp³-hybridized carbons (Fsp3) is 0.0625. The standard InChI is InChI=1S/C16H13NO/c18-16(13-7-1-2-8-13)17-15-11-5-9-12-6-3-4-10-14(12)15/h1-7,9-11H,8H2,(H,17,18). The van der Waals surface area contributed by atoms with Gasteiger partial charge in [-0.25, -0.2) is 0 Å². The van der Waals surface area contributed by atoms with Crippen molar-refractivity contribution < 1.29 is 4.79 Å². The number of hydrogen-bond acceptors (Lipinski definition) is 1. The molecule has 0 aromatic heterocycles. The third-order valence-corrected chi connectivity index (χ3v) is 3.10. The van der Waals surface area contributed by atoms with Crippen LogP contribution >= 0.6 is 0 Å². The highest BCUT2D eigenvalue weighted by atomic mass is 16.1. The van der Waals surface area contributed by atoms with E-state index in [4.69, 9.17) is 0 Å². The lowest BCUT2D eigenvalue weighted by Gasteiger charge is -2.09. The van der Waals surface area contributed by atoms with E-state index in [1.54, 1.807) is 0 Å². The summed E-state index contributed by atoms with van der Waals surface area (Å²) >= 11 is 0. The first-order valence-electron chi connectivity index (χ1n) is 5.99. The molecule has 1 aliphatic rings. The minimum absolute atomic E-state index is 0.0173. The van der Waals surface area contributed by atoms with Gasteiger partial charge in [-0.1, -0.05) is 54.6 Å². The molecule has 0 radical (unpaired) electrons. The van der Waals surface area contributed by atoms with E-state index in [9.17, 15) is 4.79 Å². The van der Waals surface area contributed by atoms with E-state index in [2.05, 4.69) is 5.32 Å². The van der Waals surface area contributed by atoms with Crippen molar-refractivity contribution in [2.75, 3.05) is 5.32 Å². The Morgan fingerprint density at radius 3 is 2.72 bits per heavy atom. The second-order valence-corrected chi connectivity index (χ2v) is 4.31. The quantitative estimate of drug-likeness (QED) is 0.845. The maximum absolute atomic E-state index is 12.0. The summed E-state index contributed by atoms with van der Waals surface area (Å²) < 4.78 is 0. The molecular weight excluding hydrogens is 222 g/mol. The second kappa shape index (κ2) is 4.49. The summed E-state index contributed by atoms with van der Waals surface area (Å²) in [5.41, 5.74) is 1.67. The molecule has 18 heavy (non-hydrogen) atoms. The average molecular weight is 235 g/mol. The highest BCUT2D eigenvalue weighted by Crippen LogP contribution is 2.24. The van der Waals surface area contributed by atoms with Gasteiger partial charge in [-0.15, -0.1) is 0 Å². The van der Waals surface area contributed by atoms with Crippen LogP contribution in [0.25, 0.3) is 10.8 Å². The van der Waals surface area contributed by atoms with Gasteiger partial charge < -0.3 is 5.32 Å². The van der Waals surface area contributed by atoms with E-state index in [1.165, 1.54) is 0 Å². The van der Waals surface area contributed by atoms with Gasteiger partial charge in [0, 0.05) is 16.6 Å². The molecule has 2 heteroatoms. The molecule has 0 atom stereocenters. The Kier molecular flexibility index (Phi) is 2.69. The van der Waals surface area contributed by atoms with Crippen LogP contribution in [0.5, 0.6) is 0 Å². The Balaban J connectivity index is 1.93. The molecule has 3 rings (SSSR count). The lowest BCUT2D eigenvalue weighted by atomic mass is 10.1. The summed E-state index contributed by atoms with van der Waals surface area (Å²) in [5.74, 6) is -0.0173. The van der Waals surface area contributed by atoms with Gasteiger partial charge in [0.05, 0.1) is 0 Å². The maximum Gasteiger partial charge on any atom is 0.251 e. The van der Waals surface area contributed by atoms with Crippen LogP contribution in [0.3, 0.4) is 0 Å². The molecule has 1 N–H and O–H groups in total. The van der Waals surface area contributed by atoms with Gasteiger partial charge in [-0.05, 0) is 17.9 Å². The number of hydrogen-bond donors (Lipinski definition) is 1. The highest BCUT2D eigenvalue weighted by molar-refractivity contribution is 6.09. The van der Waals surface area contributed by atoms with Crippen LogP contribution in [0.2, 0.25) is 0 Å². The molecule has 0 heterocycles. The summed E-state index contributed by atoms with van der Waals surface area (Å²) in [6.07, 6.45) is 6.48. The van der Waals surface area contributed by atoms with Crippen LogP contribution in [0.15, 0.2) is 66.3 Å². The SMILES string of the molecule is O=C(Nc1cccc2ccccc12)C1=CC=CC1. The normalized spacial score (nSPS) is 13.7. The lowest BCUT2D eigenvalue weighted by Crippen LogP contribution is -2.13. The molecule has 0 saturated carbocycles. The summed E-state index contributed by atoms with van der Waals surface area (Å²) in [7, 11) is 0. The number of anilines is 1. The van der Waals surface area contributed by atoms with Crippen molar-refractivity contribution in [3.8, 4) is 0 Å². The van der Waals surface area contributed by atoms with Crippen LogP contribution in [0, 0.1) is 0 Å². The molecule has 0 saturated heterocycles. The molecule has 0 unspecified atom stereocenters. The van der Waals surface area contributed by atoms with Gasteiger partial charge in [0.15, 0.2) is 0 Å². The Morgan fingerprint density at radius 1 is 1.06 bits per heavy atom. The number of carbonyl (C=O) groups is 1. The number of nitrogens with one attached hydrogen (secondary N) is 1. The minimum Gasteiger partial charge on any atom is -0.322 e. The fourth-order valence-electron chi connectivity index (χ4n) is 2.15. The summed E-state index contributed by atoms with van der Waals surface area (Å²) in [6.45, 7) is 0. The molecule has 0 fully saturated rings. The van der Waals surface area contributed by atoms with Crippen LogP contribution in [-0.4, -0.2) is 5.91 Å². The monoisotopic (exact) mass is 235 g/mol. The van der Waals surface area contributed by atoms with Crippen molar-refractivity contribution in [2.24, 2.45) is 0 Å². The Morgan fingerprint density at radius 2 is 1.89 bits per heavy atom. The lowest BCUT2D eigenvalue weighted by molar-refractivity contribution is -0.112. The number of carbonyl (C=O) groups excluding carboxylic acids is 1. The zero-order valence-electron chi connectivity index (χ0n) is 9.89. The van der Waals surface area contributed by atoms with E-state index in [-0.39, 0.29) is 5.91 Å². The van der Waals surface area contributed by atoms with Crippen LogP contribution in [-0.2, 0) is 4.79 Å². The summed E-state index contributed by atoms with van der Waals surface area (Å²) in [4.78, 5) is 12.0. The zero-order chi connectivity index (χ0) is 12.4. The first-order chi connectivity index (χ1) is 8.84. The first kappa shape index (κ1) is 10.8. The largest absolute Gasteiger partial charge is 0.322 e. The van der Waals surface area contributed by atoms with E-state index >= 15 is 0 Å². The third-order valence-electron chi connectivity index (χ3n) is 3.10. The van der Waals surface area contributed by atoms with E-state index in [0.29, 0.717) is 0 Å². The minimum atomic E-state index is -0.0173. The molecule has 2 aromatic rings. The Bertz CT molecular complexity index is 662. The second-order valence-electron chi connectivity index (χ2n) is 4.31. The predicted octanol–water partition coefficient (Wildman–Crippen LogP) is 3.66. The molecule has 0 bridgehead atoms. The number of benzene rings is 2. The predicted molar refractivity (Wildman–Crippen MR) is 74.4 cm³/mol. The molecule has 0 aliphatic heterocycles. The van der Waals surface area contributed by atoms with E-state index < -0.39 is 0 Å². The van der Waals surface area contributed by atoms with Crippen molar-refractivity contribution in [1.82, 2.24) is 0 Å². The topological polar surface area (TPSA) is 29.1 Å². The maximum atomic E-state index is 12.0. The molecule has 2 nitrogen and oxygen atoms in total. The van der Waals surface area contributed by atoms with Crippen LogP contribution in [0.4, 0.5) is 5.69 Å². The van der Waals surface area contributed by atoms with Crippen molar-refractivity contribution in [1.29, 1.82) is 0 Å². The smallest absolute Gasteiger partial charge is 0.251 e. The van der Waals surface area contributed by atoms with Gasteiger partial charge in [-0.2, -0.15) is 0 Å². The Labute approximate surface area is 106 Å². The molecule has 0 spiro atoms. The summed E-state index contributed by atoms with van der Waals surface area (Å²) in [5, 5.41) is 5.18. The molecule has 1 aliphatic carbocycles. The average Bonchev–Trinajstić information content (AvgIpc) is 2.93. The van der Waals surface area contributed by atoms with E-state index in [0.717, 1.165) is 28.5 Å². The van der Waals surface area contributed by atoms with Gasteiger partial charge >= 0.3 is 0 Å². The van der Waals surface area contributed by atoms with Crippen molar-refractivity contribution >= 4 is 22.4 Å². The summed E-state index contributed by atoms with van der Waals surface area (Å²) in [6, 6.07) is 14.0. The number of allylic oxidation sites excluding steroid dienone is 3. The van der Waals surface area contributed by atoms with Crippen molar-refractivity contribution in [3.05, 3.63) is 66.3 Å². The first-order valence-corrected chi connectivity index (χ1v) is 5.99. The van der Waals surface area contributed by atoms with Gasteiger partial charge in [0.2, 0.25) is 0 Å². The Hall–Kier alpha value is -2.35. The molecular formula is C16H13NO. The van der Waals surface area contributed by atoms with Gasteiger partial charge in [0.1, 0.15) is 0 Å². The number of fused-ring (bicyclic) bond motifs is 1. The van der Waals surface area contributed by atoms with Crippen LogP contribution in [0.1, 0.15) is 6.42 Å².